The van der Waals surface area contributed by atoms with Crippen molar-refractivity contribution in [2.24, 2.45) is 17.6 Å². The summed E-state index contributed by atoms with van der Waals surface area (Å²) >= 11 is 0. The molecule has 1 unspecified atom stereocenters. The summed E-state index contributed by atoms with van der Waals surface area (Å²) in [7, 11) is 0. The minimum absolute atomic E-state index is 0.343. The normalized spacial score (nSPS) is 18.8. The van der Waals surface area contributed by atoms with Crippen LogP contribution in [0.25, 0.3) is 0 Å². The van der Waals surface area contributed by atoms with Gasteiger partial charge in [-0.1, -0.05) is 20.8 Å². The monoisotopic (exact) mass is 115 g/mol. The van der Waals surface area contributed by atoms with Gasteiger partial charge in [0, 0.05) is 6.04 Å². The predicted molar refractivity (Wildman–Crippen MR) is 37.7 cm³/mol. The van der Waals surface area contributed by atoms with Gasteiger partial charge in [-0.3, -0.25) is 0 Å². The van der Waals surface area contributed by atoms with Gasteiger partial charge in [0.05, 0.1) is 0 Å². The average molecular weight is 115 g/mol. The molecule has 0 aliphatic rings. The number of hydrogen-bond acceptors (Lipinski definition) is 1. The molecule has 2 N–H and O–H groups in total. The van der Waals surface area contributed by atoms with Crippen LogP contribution in [-0.2, 0) is 0 Å². The summed E-state index contributed by atoms with van der Waals surface area (Å²) in [5, 5.41) is 0. The Morgan fingerprint density at radius 3 is 1.38 bits per heavy atom. The standard InChI is InChI=1S/C7H17N/c1-5(2)6(3)7(4)8/h5-7H,8H2,1-4H3/t6?,7-/m0/s1. The van der Waals surface area contributed by atoms with Gasteiger partial charge < -0.3 is 5.73 Å². The van der Waals surface area contributed by atoms with E-state index in [-0.39, 0.29) is 0 Å². The van der Waals surface area contributed by atoms with E-state index in [2.05, 4.69) is 27.7 Å². The first-order valence-corrected chi connectivity index (χ1v) is 3.31. The second-order valence-corrected chi connectivity index (χ2v) is 2.96. The van der Waals surface area contributed by atoms with Gasteiger partial charge in [0.2, 0.25) is 0 Å². The topological polar surface area (TPSA) is 26.0 Å². The van der Waals surface area contributed by atoms with Crippen LogP contribution in [0.1, 0.15) is 27.7 Å². The van der Waals surface area contributed by atoms with Gasteiger partial charge in [-0.05, 0) is 18.8 Å². The molecule has 8 heavy (non-hydrogen) atoms. The molecule has 0 heterocycles. The molecule has 0 aromatic heterocycles. The summed E-state index contributed by atoms with van der Waals surface area (Å²) in [5.74, 6) is 1.37. The highest BCUT2D eigenvalue weighted by Gasteiger charge is 2.10. The zero-order valence-electron chi connectivity index (χ0n) is 6.31. The Morgan fingerprint density at radius 2 is 1.38 bits per heavy atom. The lowest BCUT2D eigenvalue weighted by atomic mass is 9.92. The van der Waals surface area contributed by atoms with E-state index >= 15 is 0 Å². The second-order valence-electron chi connectivity index (χ2n) is 2.96. The van der Waals surface area contributed by atoms with E-state index < -0.39 is 0 Å². The summed E-state index contributed by atoms with van der Waals surface area (Å²) in [4.78, 5) is 0. The maximum absolute atomic E-state index is 5.64. The molecular formula is C7H17N. The van der Waals surface area contributed by atoms with Crippen LogP contribution in [0, 0.1) is 11.8 Å². The Bertz CT molecular complexity index is 49.4. The fraction of sp³-hybridized carbons (Fsp3) is 1.00. The molecule has 0 radical (unpaired) electrons. The Morgan fingerprint density at radius 1 is 1.00 bits per heavy atom. The van der Waals surface area contributed by atoms with E-state index in [1.54, 1.807) is 0 Å². The number of nitrogens with two attached hydrogens (primary N) is 1. The lowest BCUT2D eigenvalue weighted by Gasteiger charge is -2.18. The van der Waals surface area contributed by atoms with Crippen molar-refractivity contribution in [3.8, 4) is 0 Å². The van der Waals surface area contributed by atoms with Crippen LogP contribution in [-0.4, -0.2) is 6.04 Å². The number of rotatable bonds is 2. The van der Waals surface area contributed by atoms with Crippen molar-refractivity contribution in [3.05, 3.63) is 0 Å². The lowest BCUT2D eigenvalue weighted by Crippen LogP contribution is -2.27. The molecule has 0 saturated carbocycles. The van der Waals surface area contributed by atoms with Crippen molar-refractivity contribution >= 4 is 0 Å². The maximum atomic E-state index is 5.64. The van der Waals surface area contributed by atoms with Crippen molar-refractivity contribution in [2.75, 3.05) is 0 Å². The third-order valence-electron chi connectivity index (χ3n) is 1.88. The zero-order valence-corrected chi connectivity index (χ0v) is 6.31. The predicted octanol–water partition coefficient (Wildman–Crippen LogP) is 1.63. The van der Waals surface area contributed by atoms with Gasteiger partial charge >= 0.3 is 0 Å². The van der Waals surface area contributed by atoms with E-state index in [0.29, 0.717) is 12.0 Å². The fourth-order valence-corrected chi connectivity index (χ4v) is 0.607. The van der Waals surface area contributed by atoms with Crippen molar-refractivity contribution in [1.29, 1.82) is 0 Å². The molecule has 0 aromatic rings. The second kappa shape index (κ2) is 3.08. The van der Waals surface area contributed by atoms with Crippen LogP contribution in [0.4, 0.5) is 0 Å². The summed E-state index contributed by atoms with van der Waals surface area (Å²) in [6, 6.07) is 0.343. The first-order valence-electron chi connectivity index (χ1n) is 3.31. The Hall–Kier alpha value is -0.0400. The summed E-state index contributed by atoms with van der Waals surface area (Å²) in [6.07, 6.45) is 0. The Balaban J connectivity index is 3.46. The fourth-order valence-electron chi connectivity index (χ4n) is 0.607. The van der Waals surface area contributed by atoms with Gasteiger partial charge in [-0.2, -0.15) is 0 Å². The minimum Gasteiger partial charge on any atom is -0.328 e. The lowest BCUT2D eigenvalue weighted by molar-refractivity contribution is 0.362. The van der Waals surface area contributed by atoms with Gasteiger partial charge in [-0.25, -0.2) is 0 Å². The quantitative estimate of drug-likeness (QED) is 0.581. The van der Waals surface area contributed by atoms with Gasteiger partial charge in [0.1, 0.15) is 0 Å². The Labute approximate surface area is 52.3 Å². The molecule has 0 rings (SSSR count). The minimum atomic E-state index is 0.343. The largest absolute Gasteiger partial charge is 0.328 e. The molecule has 0 aliphatic heterocycles. The molecule has 50 valence electrons. The number of hydrogen-bond donors (Lipinski definition) is 1. The van der Waals surface area contributed by atoms with Crippen molar-refractivity contribution in [1.82, 2.24) is 0 Å². The molecular weight excluding hydrogens is 98.1 g/mol. The Kier molecular flexibility index (Phi) is 3.06. The smallest absolute Gasteiger partial charge is 0.00385 e. The summed E-state index contributed by atoms with van der Waals surface area (Å²) in [5.41, 5.74) is 5.64. The van der Waals surface area contributed by atoms with Gasteiger partial charge in [-0.15, -0.1) is 0 Å². The first kappa shape index (κ1) is 7.96. The molecule has 0 bridgehead atoms. The highest BCUT2D eigenvalue weighted by atomic mass is 14.6. The summed E-state index contributed by atoms with van der Waals surface area (Å²) in [6.45, 7) is 8.65. The van der Waals surface area contributed by atoms with E-state index in [0.717, 1.165) is 5.92 Å². The van der Waals surface area contributed by atoms with E-state index in [4.69, 9.17) is 5.73 Å². The molecule has 2 atom stereocenters. The van der Waals surface area contributed by atoms with Crippen molar-refractivity contribution < 1.29 is 0 Å². The zero-order chi connectivity index (χ0) is 6.73. The van der Waals surface area contributed by atoms with E-state index in [1.807, 2.05) is 0 Å². The molecule has 0 fully saturated rings. The summed E-state index contributed by atoms with van der Waals surface area (Å²) < 4.78 is 0. The SMILES string of the molecule is CC(C)C(C)[C@H](C)N. The average Bonchev–Trinajstić information content (AvgIpc) is 1.64. The van der Waals surface area contributed by atoms with Crippen LogP contribution in [0.2, 0.25) is 0 Å². The van der Waals surface area contributed by atoms with Crippen LogP contribution < -0.4 is 5.73 Å². The van der Waals surface area contributed by atoms with Crippen LogP contribution >= 0.6 is 0 Å². The highest BCUT2D eigenvalue weighted by molar-refractivity contribution is 4.65. The first-order chi connectivity index (χ1) is 3.55. The van der Waals surface area contributed by atoms with Crippen molar-refractivity contribution in [2.45, 2.75) is 33.7 Å². The third kappa shape index (κ3) is 2.31. The third-order valence-corrected chi connectivity index (χ3v) is 1.88. The maximum Gasteiger partial charge on any atom is 0.00385 e. The van der Waals surface area contributed by atoms with Crippen LogP contribution in [0.3, 0.4) is 0 Å². The molecule has 1 heteroatoms. The molecule has 0 saturated heterocycles. The molecule has 1 nitrogen and oxygen atoms in total. The molecule has 0 amide bonds. The van der Waals surface area contributed by atoms with Gasteiger partial charge in [0.25, 0.3) is 0 Å². The highest BCUT2D eigenvalue weighted by Crippen LogP contribution is 2.11. The molecule has 0 spiro atoms. The van der Waals surface area contributed by atoms with Crippen LogP contribution in [0.5, 0.6) is 0 Å². The molecule has 0 aromatic carbocycles. The van der Waals surface area contributed by atoms with Gasteiger partial charge in [0.15, 0.2) is 0 Å². The van der Waals surface area contributed by atoms with E-state index in [9.17, 15) is 0 Å². The van der Waals surface area contributed by atoms with Crippen LogP contribution in [0.15, 0.2) is 0 Å². The van der Waals surface area contributed by atoms with E-state index in [1.165, 1.54) is 0 Å². The van der Waals surface area contributed by atoms with Crippen molar-refractivity contribution in [3.63, 3.8) is 0 Å². The molecule has 0 aliphatic carbocycles.